The minimum atomic E-state index is -0.604. The van der Waals surface area contributed by atoms with E-state index < -0.39 is 5.97 Å². The second kappa shape index (κ2) is 10.2. The van der Waals surface area contributed by atoms with Crippen molar-refractivity contribution in [3.8, 4) is 11.5 Å². The van der Waals surface area contributed by atoms with Crippen molar-refractivity contribution in [3.63, 3.8) is 0 Å². The van der Waals surface area contributed by atoms with E-state index in [0.29, 0.717) is 42.6 Å². The van der Waals surface area contributed by atoms with Crippen molar-refractivity contribution in [2.45, 2.75) is 40.3 Å². The first-order valence-corrected chi connectivity index (χ1v) is 11.4. The molecule has 5 heteroatoms. The van der Waals surface area contributed by atoms with Crippen LogP contribution in [0.2, 0.25) is 0 Å². The van der Waals surface area contributed by atoms with Crippen LogP contribution in [0.4, 0.5) is 4.39 Å². The first kappa shape index (κ1) is 23.0. The molecule has 0 atom stereocenters. The molecule has 1 heterocycles. The maximum absolute atomic E-state index is 15.6. The van der Waals surface area contributed by atoms with E-state index in [1.807, 2.05) is 36.4 Å². The fourth-order valence-electron chi connectivity index (χ4n) is 4.38. The molecular weight excluding hydrogens is 417 g/mol. The van der Waals surface area contributed by atoms with Crippen molar-refractivity contribution >= 4 is 5.97 Å². The van der Waals surface area contributed by atoms with Crippen molar-refractivity contribution in [2.24, 2.45) is 5.92 Å². The molecule has 33 heavy (non-hydrogen) atoms. The lowest BCUT2D eigenvalue weighted by atomic mass is 9.91. The second-order valence-electron chi connectivity index (χ2n) is 8.96. The third-order valence-electron chi connectivity index (χ3n) is 5.90. The van der Waals surface area contributed by atoms with Gasteiger partial charge in [0, 0.05) is 36.3 Å². The summed E-state index contributed by atoms with van der Waals surface area (Å²) in [4.78, 5) is 15.5. The van der Waals surface area contributed by atoms with Crippen LogP contribution in [-0.4, -0.2) is 24.0 Å². The Kier molecular flexibility index (Phi) is 7.09. The predicted molar refractivity (Wildman–Crippen MR) is 127 cm³/mol. The van der Waals surface area contributed by atoms with Crippen molar-refractivity contribution < 1.29 is 18.7 Å². The van der Waals surface area contributed by atoms with Crippen LogP contribution in [0.25, 0.3) is 0 Å². The highest BCUT2D eigenvalue weighted by molar-refractivity contribution is 5.96. The third-order valence-corrected chi connectivity index (χ3v) is 5.90. The summed E-state index contributed by atoms with van der Waals surface area (Å²) in [6, 6.07) is 18.6. The number of rotatable bonds is 7. The molecule has 0 bridgehead atoms. The average Bonchev–Trinajstić information content (AvgIpc) is 2.81. The fourth-order valence-corrected chi connectivity index (χ4v) is 4.38. The number of carbonyl (C=O) groups excluding carboxylic acids is 1. The first-order chi connectivity index (χ1) is 15.9. The number of para-hydroxylation sites is 1. The van der Waals surface area contributed by atoms with Gasteiger partial charge in [-0.05, 0) is 37.0 Å². The third kappa shape index (κ3) is 5.25. The molecule has 172 valence electrons. The normalized spacial score (nSPS) is 13.6. The molecule has 1 aliphatic rings. The highest BCUT2D eigenvalue weighted by atomic mass is 19.1. The molecule has 0 saturated carbocycles. The molecule has 4 rings (SSSR count). The van der Waals surface area contributed by atoms with Gasteiger partial charge in [0.1, 0.15) is 29.5 Å². The summed E-state index contributed by atoms with van der Waals surface area (Å²) in [6.45, 7) is 8.45. The van der Waals surface area contributed by atoms with Gasteiger partial charge in [-0.3, -0.25) is 4.90 Å². The maximum Gasteiger partial charge on any atom is 0.347 e. The van der Waals surface area contributed by atoms with Crippen LogP contribution in [0.5, 0.6) is 11.5 Å². The number of ether oxygens (including phenoxy) is 2. The van der Waals surface area contributed by atoms with Gasteiger partial charge in [-0.1, -0.05) is 62.4 Å². The van der Waals surface area contributed by atoms with Crippen LogP contribution in [0.3, 0.4) is 0 Å². The van der Waals surface area contributed by atoms with E-state index in [4.69, 9.17) is 9.47 Å². The van der Waals surface area contributed by atoms with Gasteiger partial charge in [-0.25, -0.2) is 9.18 Å². The van der Waals surface area contributed by atoms with Gasteiger partial charge in [0.15, 0.2) is 0 Å². The molecule has 0 saturated heterocycles. The maximum atomic E-state index is 15.6. The summed E-state index contributed by atoms with van der Waals surface area (Å²) in [5.74, 6) is 0.401. The molecule has 0 aromatic heterocycles. The van der Waals surface area contributed by atoms with Crippen LogP contribution >= 0.6 is 0 Å². The van der Waals surface area contributed by atoms with Crippen LogP contribution in [-0.2, 0) is 19.6 Å². The second-order valence-corrected chi connectivity index (χ2v) is 8.96. The lowest BCUT2D eigenvalue weighted by Crippen LogP contribution is -2.35. The molecular formula is C28H30FNO3. The molecule has 3 aromatic carbocycles. The van der Waals surface area contributed by atoms with Crippen LogP contribution in [0, 0.1) is 18.7 Å². The zero-order valence-corrected chi connectivity index (χ0v) is 19.4. The van der Waals surface area contributed by atoms with Crippen LogP contribution in [0.1, 0.15) is 46.5 Å². The predicted octanol–water partition coefficient (Wildman–Crippen LogP) is 5.95. The quantitative estimate of drug-likeness (QED) is 0.332. The van der Waals surface area contributed by atoms with Crippen molar-refractivity contribution in [3.05, 3.63) is 94.3 Å². The van der Waals surface area contributed by atoms with E-state index in [9.17, 15) is 4.79 Å². The van der Waals surface area contributed by atoms with E-state index in [-0.39, 0.29) is 16.9 Å². The first-order valence-electron chi connectivity index (χ1n) is 11.4. The zero-order valence-electron chi connectivity index (χ0n) is 19.4. The molecule has 4 nitrogen and oxygen atoms in total. The molecule has 1 aliphatic heterocycles. The Labute approximate surface area is 195 Å². The highest BCUT2D eigenvalue weighted by Gasteiger charge is 2.31. The number of halogens is 1. The largest absolute Gasteiger partial charge is 0.488 e. The number of hydrogen-bond acceptors (Lipinski definition) is 4. The Hall–Kier alpha value is -3.18. The lowest BCUT2D eigenvalue weighted by molar-refractivity contribution is 0.0727. The van der Waals surface area contributed by atoms with E-state index in [1.54, 1.807) is 31.2 Å². The molecule has 0 fully saturated rings. The molecule has 3 aromatic rings. The number of nitrogens with zero attached hydrogens (tertiary/aromatic N) is 1. The number of fused-ring (bicyclic) bond motifs is 1. The monoisotopic (exact) mass is 447 g/mol. The Morgan fingerprint density at radius 2 is 1.70 bits per heavy atom. The summed E-state index contributed by atoms with van der Waals surface area (Å²) >= 11 is 0. The Bertz CT molecular complexity index is 1110. The summed E-state index contributed by atoms with van der Waals surface area (Å²) < 4.78 is 27.5. The molecule has 0 spiro atoms. The van der Waals surface area contributed by atoms with Gasteiger partial charge >= 0.3 is 5.97 Å². The number of benzene rings is 3. The minimum absolute atomic E-state index is 0.170. The van der Waals surface area contributed by atoms with Gasteiger partial charge in [0.05, 0.1) is 0 Å². The van der Waals surface area contributed by atoms with Crippen molar-refractivity contribution in [1.29, 1.82) is 0 Å². The molecule has 0 N–H and O–H groups in total. The topological polar surface area (TPSA) is 38.8 Å². The smallest absolute Gasteiger partial charge is 0.347 e. The van der Waals surface area contributed by atoms with E-state index in [2.05, 4.69) is 18.7 Å². The van der Waals surface area contributed by atoms with Gasteiger partial charge in [-0.2, -0.15) is 0 Å². The molecule has 0 aliphatic carbocycles. The van der Waals surface area contributed by atoms with Crippen molar-refractivity contribution in [2.75, 3.05) is 13.1 Å². The summed E-state index contributed by atoms with van der Waals surface area (Å²) in [6.07, 6.45) is 0.620. The minimum Gasteiger partial charge on any atom is -0.488 e. The van der Waals surface area contributed by atoms with E-state index in [1.165, 1.54) is 0 Å². The van der Waals surface area contributed by atoms with Crippen LogP contribution < -0.4 is 9.47 Å². The summed E-state index contributed by atoms with van der Waals surface area (Å²) in [5.41, 5.74) is 2.81. The molecule has 0 radical (unpaired) electrons. The van der Waals surface area contributed by atoms with Crippen molar-refractivity contribution in [1.82, 2.24) is 4.90 Å². The Morgan fingerprint density at radius 3 is 2.36 bits per heavy atom. The molecule has 0 amide bonds. The fraction of sp³-hybridized carbons (Fsp3) is 0.321. The van der Waals surface area contributed by atoms with Gasteiger partial charge < -0.3 is 9.47 Å². The zero-order chi connectivity index (χ0) is 23.4. The van der Waals surface area contributed by atoms with E-state index in [0.717, 1.165) is 24.2 Å². The Balaban J connectivity index is 1.74. The van der Waals surface area contributed by atoms with Gasteiger partial charge in [0.25, 0.3) is 0 Å². The number of esters is 1. The summed E-state index contributed by atoms with van der Waals surface area (Å²) in [5, 5.41) is 0. The SMILES string of the molecule is Cc1c(F)c2c(c(OCc3ccccc3)c1C(=O)Oc1ccccc1)CCN(CC(C)C)C2. The molecule has 0 unspecified atom stereocenters. The summed E-state index contributed by atoms with van der Waals surface area (Å²) in [7, 11) is 0. The Morgan fingerprint density at radius 1 is 1.03 bits per heavy atom. The highest BCUT2D eigenvalue weighted by Crippen LogP contribution is 2.38. The van der Waals surface area contributed by atoms with Gasteiger partial charge in [0.2, 0.25) is 0 Å². The van der Waals surface area contributed by atoms with E-state index >= 15 is 4.39 Å². The standard InChI is InChI=1S/C28H30FNO3/c1-19(2)16-30-15-14-23-24(17-30)26(29)20(3)25(28(31)33-22-12-8-5-9-13-22)27(23)32-18-21-10-6-4-7-11-21/h4-13,19H,14-18H2,1-3H3. The number of hydrogen-bond donors (Lipinski definition) is 0. The number of carbonyl (C=O) groups is 1. The van der Waals surface area contributed by atoms with Crippen LogP contribution in [0.15, 0.2) is 60.7 Å². The average molecular weight is 448 g/mol. The lowest BCUT2D eigenvalue weighted by Gasteiger charge is -2.32. The van der Waals surface area contributed by atoms with Gasteiger partial charge in [-0.15, -0.1) is 0 Å².